The molecule has 0 unspecified atom stereocenters. The van der Waals surface area contributed by atoms with E-state index in [0.29, 0.717) is 16.0 Å². The normalized spacial score (nSPS) is 14.5. The van der Waals surface area contributed by atoms with Gasteiger partial charge >= 0.3 is 0 Å². The third-order valence-corrected chi connectivity index (χ3v) is 6.64. The van der Waals surface area contributed by atoms with Crippen molar-refractivity contribution < 1.29 is 14.6 Å². The molecule has 0 bridgehead atoms. The van der Waals surface area contributed by atoms with E-state index in [4.69, 9.17) is 9.84 Å². The fourth-order valence-electron chi connectivity index (χ4n) is 2.37. The Bertz CT molecular complexity index is 685. The highest BCUT2D eigenvalue weighted by atomic mass is 32.2. The van der Waals surface area contributed by atoms with E-state index in [9.17, 15) is 4.79 Å². The molecule has 1 saturated heterocycles. The number of amides is 1. The van der Waals surface area contributed by atoms with Crippen LogP contribution in [0, 0.1) is 0 Å². The van der Waals surface area contributed by atoms with Gasteiger partial charge in [0.15, 0.2) is 6.61 Å². The maximum Gasteiger partial charge on any atom is 0.262 e. The lowest BCUT2D eigenvalue weighted by molar-refractivity contribution is -0.118. The highest BCUT2D eigenvalue weighted by molar-refractivity contribution is 8.19. The van der Waals surface area contributed by atoms with E-state index in [1.165, 1.54) is 17.1 Å². The molecule has 0 radical (unpaired) electrons. The van der Waals surface area contributed by atoms with Crippen LogP contribution in [0.1, 0.15) is 15.7 Å². The Morgan fingerprint density at radius 1 is 1.17 bits per heavy atom. The van der Waals surface area contributed by atoms with Crippen molar-refractivity contribution in [3.63, 3.8) is 0 Å². The summed E-state index contributed by atoms with van der Waals surface area (Å²) in [6.07, 6.45) is 0. The summed E-state index contributed by atoms with van der Waals surface area (Å²) in [5.41, 5.74) is 2.70. The van der Waals surface area contributed by atoms with Gasteiger partial charge in [-0.15, -0.1) is 23.5 Å². The number of aliphatic hydroxyl groups excluding tert-OH is 1. The predicted molar refractivity (Wildman–Crippen MR) is 101 cm³/mol. The van der Waals surface area contributed by atoms with Gasteiger partial charge in [0.2, 0.25) is 0 Å². The number of carbonyl (C=O) groups is 1. The molecule has 24 heavy (non-hydrogen) atoms. The van der Waals surface area contributed by atoms with Gasteiger partial charge in [-0.05, 0) is 35.4 Å². The first-order valence-corrected chi connectivity index (χ1v) is 9.80. The van der Waals surface area contributed by atoms with Crippen molar-refractivity contribution in [2.45, 2.75) is 11.2 Å². The number of ether oxygens (including phenoxy) is 1. The lowest BCUT2D eigenvalue weighted by Gasteiger charge is -2.11. The zero-order chi connectivity index (χ0) is 16.8. The fourth-order valence-corrected chi connectivity index (χ4v) is 5.22. The van der Waals surface area contributed by atoms with E-state index in [2.05, 4.69) is 17.4 Å². The number of aliphatic hydroxyl groups is 1. The molecule has 2 N–H and O–H groups in total. The summed E-state index contributed by atoms with van der Waals surface area (Å²) in [5.74, 6) is 2.86. The van der Waals surface area contributed by atoms with E-state index >= 15 is 0 Å². The van der Waals surface area contributed by atoms with Crippen LogP contribution in [0.3, 0.4) is 0 Å². The lowest BCUT2D eigenvalue weighted by atomic mass is 10.2. The van der Waals surface area contributed by atoms with Crippen molar-refractivity contribution in [3.05, 3.63) is 59.7 Å². The molecule has 3 rings (SSSR count). The van der Waals surface area contributed by atoms with Gasteiger partial charge in [0.05, 0.1) is 11.2 Å². The van der Waals surface area contributed by atoms with Crippen molar-refractivity contribution in [1.29, 1.82) is 0 Å². The minimum atomic E-state index is -0.226. The van der Waals surface area contributed by atoms with E-state index in [1.54, 1.807) is 24.3 Å². The van der Waals surface area contributed by atoms with Crippen LogP contribution in [0.25, 0.3) is 0 Å². The zero-order valence-electron chi connectivity index (χ0n) is 13.1. The van der Waals surface area contributed by atoms with Crippen LogP contribution in [-0.4, -0.2) is 29.1 Å². The van der Waals surface area contributed by atoms with Crippen LogP contribution < -0.4 is 10.1 Å². The summed E-state index contributed by atoms with van der Waals surface area (Å²) in [5, 5.41) is 11.9. The number of rotatable bonds is 6. The van der Waals surface area contributed by atoms with E-state index in [-0.39, 0.29) is 19.1 Å². The van der Waals surface area contributed by atoms with Crippen molar-refractivity contribution in [2.24, 2.45) is 0 Å². The molecule has 0 saturated carbocycles. The van der Waals surface area contributed by atoms with E-state index < -0.39 is 0 Å². The van der Waals surface area contributed by atoms with Crippen LogP contribution in [0.4, 0.5) is 5.69 Å². The van der Waals surface area contributed by atoms with Crippen LogP contribution in [0.2, 0.25) is 0 Å². The minimum Gasteiger partial charge on any atom is -0.484 e. The van der Waals surface area contributed by atoms with Gasteiger partial charge in [-0.3, -0.25) is 4.79 Å². The van der Waals surface area contributed by atoms with Gasteiger partial charge in [-0.2, -0.15) is 0 Å². The Balaban J connectivity index is 1.50. The molecular formula is C18H19NO3S2. The number of benzene rings is 2. The molecule has 1 fully saturated rings. The van der Waals surface area contributed by atoms with Gasteiger partial charge in [0, 0.05) is 17.2 Å². The Morgan fingerprint density at radius 2 is 1.92 bits per heavy atom. The van der Waals surface area contributed by atoms with Crippen LogP contribution in [0.15, 0.2) is 48.5 Å². The largest absolute Gasteiger partial charge is 0.484 e. The molecule has 4 nitrogen and oxygen atoms in total. The van der Waals surface area contributed by atoms with Crippen LogP contribution in [-0.2, 0) is 11.4 Å². The van der Waals surface area contributed by atoms with E-state index in [1.807, 2.05) is 35.7 Å². The summed E-state index contributed by atoms with van der Waals surface area (Å²) < 4.78 is 6.05. The topological polar surface area (TPSA) is 58.6 Å². The zero-order valence-corrected chi connectivity index (χ0v) is 14.7. The number of thioether (sulfide) groups is 2. The molecule has 2 aromatic carbocycles. The molecule has 1 aliphatic rings. The Morgan fingerprint density at radius 3 is 2.62 bits per heavy atom. The Kier molecular flexibility index (Phi) is 6.07. The lowest BCUT2D eigenvalue weighted by Crippen LogP contribution is -2.20. The number of anilines is 1. The standard InChI is InChI=1S/C18H19NO3S2/c20-11-13-2-1-3-15(10-13)19-17(21)12-22-16-6-4-14(5-7-16)18-23-8-9-24-18/h1-7,10,18,20H,8-9,11-12H2,(H,19,21). The first kappa shape index (κ1) is 17.2. The van der Waals surface area contributed by atoms with Crippen LogP contribution in [0.5, 0.6) is 5.75 Å². The molecule has 0 aliphatic carbocycles. The second kappa shape index (κ2) is 8.46. The number of hydrogen-bond donors (Lipinski definition) is 2. The van der Waals surface area contributed by atoms with Gasteiger partial charge < -0.3 is 15.2 Å². The quantitative estimate of drug-likeness (QED) is 0.822. The van der Waals surface area contributed by atoms with Crippen LogP contribution >= 0.6 is 23.5 Å². The minimum absolute atomic E-state index is 0.0460. The smallest absolute Gasteiger partial charge is 0.262 e. The summed E-state index contributed by atoms with van der Waals surface area (Å²) in [7, 11) is 0. The average molecular weight is 361 g/mol. The highest BCUT2D eigenvalue weighted by Crippen LogP contribution is 2.45. The second-order valence-electron chi connectivity index (χ2n) is 5.34. The van der Waals surface area contributed by atoms with Gasteiger partial charge in [-0.25, -0.2) is 0 Å². The van der Waals surface area contributed by atoms with E-state index in [0.717, 1.165) is 5.56 Å². The van der Waals surface area contributed by atoms with Gasteiger partial charge in [0.1, 0.15) is 5.75 Å². The molecule has 1 heterocycles. The fraction of sp³-hybridized carbons (Fsp3) is 0.278. The predicted octanol–water partition coefficient (Wildman–Crippen LogP) is 3.68. The first-order valence-electron chi connectivity index (χ1n) is 7.70. The molecule has 2 aromatic rings. The molecule has 0 aromatic heterocycles. The monoisotopic (exact) mass is 361 g/mol. The molecule has 0 spiro atoms. The molecule has 1 amide bonds. The summed E-state index contributed by atoms with van der Waals surface area (Å²) in [6.45, 7) is -0.0975. The third kappa shape index (κ3) is 4.69. The molecule has 6 heteroatoms. The highest BCUT2D eigenvalue weighted by Gasteiger charge is 2.17. The van der Waals surface area contributed by atoms with Gasteiger partial charge in [0.25, 0.3) is 5.91 Å². The molecule has 126 valence electrons. The van der Waals surface area contributed by atoms with Crippen molar-refractivity contribution in [1.82, 2.24) is 0 Å². The summed E-state index contributed by atoms with van der Waals surface area (Å²) in [6, 6.07) is 15.1. The van der Waals surface area contributed by atoms with Crippen molar-refractivity contribution >= 4 is 35.1 Å². The SMILES string of the molecule is O=C(COc1ccc(C2SCCS2)cc1)Nc1cccc(CO)c1. The Labute approximate surface area is 150 Å². The maximum absolute atomic E-state index is 12.0. The Hall–Kier alpha value is -1.63. The van der Waals surface area contributed by atoms with Crippen molar-refractivity contribution in [2.75, 3.05) is 23.4 Å². The van der Waals surface area contributed by atoms with Crippen molar-refractivity contribution in [3.8, 4) is 5.75 Å². The number of hydrogen-bond acceptors (Lipinski definition) is 5. The summed E-state index contributed by atoms with van der Waals surface area (Å²) >= 11 is 3.93. The average Bonchev–Trinajstić information content (AvgIpc) is 3.15. The molecule has 0 atom stereocenters. The summed E-state index contributed by atoms with van der Waals surface area (Å²) in [4.78, 5) is 12.0. The van der Waals surface area contributed by atoms with Gasteiger partial charge in [-0.1, -0.05) is 24.3 Å². The number of nitrogens with one attached hydrogen (secondary N) is 1. The second-order valence-corrected chi connectivity index (χ2v) is 8.06. The molecular weight excluding hydrogens is 342 g/mol. The first-order chi connectivity index (χ1) is 11.7. The number of carbonyl (C=O) groups excluding carboxylic acids is 1. The third-order valence-electron chi connectivity index (χ3n) is 3.54. The maximum atomic E-state index is 12.0. The molecule has 1 aliphatic heterocycles.